The first-order chi connectivity index (χ1) is 56.8. The highest BCUT2D eigenvalue weighted by Crippen LogP contribution is 2.52. The molecule has 0 spiro atoms. The highest BCUT2D eigenvalue weighted by atomic mass is 15.1. The van der Waals surface area contributed by atoms with Crippen molar-refractivity contribution >= 4 is 77.7 Å². The number of benzene rings is 18. The molecule has 18 aromatic carbocycles. The van der Waals surface area contributed by atoms with Crippen LogP contribution in [0.2, 0.25) is 0 Å². The Hall–Kier alpha value is -14.8. The SMILES string of the molecule is CC1(C)c2ccccc2-c2ccc(N(c3ccc(-c4ccccc4)cc3)c3ccc(-c4ccc(-c5ccc(-n6c7ccccc7c7ccccc76)cc5)cc4)cc3)cc21.c1ccc(-c2ccc(N(c3ccc(-c4ccc(-c5ccc(-n6c7ccccc7c7ccccc76)cc5)cc4)cc3)c3ccccc3-c3ccccc3)cc2)cc1. The molecule has 2 aromatic heterocycles. The van der Waals surface area contributed by atoms with Gasteiger partial charge in [0.2, 0.25) is 0 Å². The van der Waals surface area contributed by atoms with Crippen molar-refractivity contribution in [3.05, 3.63) is 460 Å². The molecule has 0 aliphatic heterocycles. The Morgan fingerprint density at radius 2 is 0.435 bits per heavy atom. The molecule has 0 saturated heterocycles. The summed E-state index contributed by atoms with van der Waals surface area (Å²) in [6.07, 6.45) is 0. The molecule has 2 heterocycles. The van der Waals surface area contributed by atoms with Gasteiger partial charge in [-0.2, -0.15) is 0 Å². The molecule has 115 heavy (non-hydrogen) atoms. The summed E-state index contributed by atoms with van der Waals surface area (Å²) in [5.41, 5.74) is 36.0. The molecule has 20 aromatic rings. The van der Waals surface area contributed by atoms with Gasteiger partial charge in [-0.15, -0.1) is 0 Å². The molecule has 1 aliphatic rings. The predicted molar refractivity (Wildman–Crippen MR) is 487 cm³/mol. The first kappa shape index (κ1) is 69.4. The summed E-state index contributed by atoms with van der Waals surface area (Å²) >= 11 is 0. The van der Waals surface area contributed by atoms with Crippen LogP contribution in [0.25, 0.3) is 144 Å². The Balaban J connectivity index is 0.000000149. The van der Waals surface area contributed by atoms with E-state index in [0.717, 1.165) is 45.5 Å². The molecular weight excluding hydrogens is 1390 g/mol. The van der Waals surface area contributed by atoms with E-state index in [1.165, 1.54) is 144 Å². The molecule has 0 amide bonds. The molecule has 0 atom stereocenters. The molecule has 0 fully saturated rings. The van der Waals surface area contributed by atoms with Gasteiger partial charge < -0.3 is 18.9 Å². The van der Waals surface area contributed by atoms with Crippen molar-refractivity contribution in [1.82, 2.24) is 9.13 Å². The van der Waals surface area contributed by atoms with Crippen molar-refractivity contribution in [1.29, 1.82) is 0 Å². The second kappa shape index (κ2) is 29.8. The van der Waals surface area contributed by atoms with E-state index < -0.39 is 0 Å². The van der Waals surface area contributed by atoms with Crippen LogP contribution in [0.5, 0.6) is 0 Å². The molecule has 544 valence electrons. The van der Waals surface area contributed by atoms with Crippen LogP contribution < -0.4 is 9.80 Å². The van der Waals surface area contributed by atoms with Gasteiger partial charge in [0.15, 0.2) is 0 Å². The minimum atomic E-state index is -0.0881. The molecule has 0 saturated carbocycles. The van der Waals surface area contributed by atoms with Crippen LogP contribution in [0.1, 0.15) is 25.0 Å². The predicted octanol–water partition coefficient (Wildman–Crippen LogP) is 30.5. The molecule has 0 bridgehead atoms. The summed E-state index contributed by atoms with van der Waals surface area (Å²) in [4.78, 5) is 4.76. The summed E-state index contributed by atoms with van der Waals surface area (Å²) in [6.45, 7) is 4.70. The maximum Gasteiger partial charge on any atom is 0.0541 e. The van der Waals surface area contributed by atoms with Gasteiger partial charge in [0.05, 0.1) is 27.8 Å². The Kier molecular flexibility index (Phi) is 18.0. The molecule has 0 unspecified atom stereocenters. The number of para-hydroxylation sites is 5. The quantitative estimate of drug-likeness (QED) is 0.102. The fourth-order valence-electron chi connectivity index (χ4n) is 17.4. The molecule has 21 rings (SSSR count). The number of hydrogen-bond acceptors (Lipinski definition) is 2. The maximum absolute atomic E-state index is 2.41. The van der Waals surface area contributed by atoms with Crippen LogP contribution in [0.3, 0.4) is 0 Å². The second-order valence-electron chi connectivity index (χ2n) is 30.4. The van der Waals surface area contributed by atoms with Gasteiger partial charge in [-0.1, -0.05) is 347 Å². The third kappa shape index (κ3) is 13.0. The topological polar surface area (TPSA) is 16.3 Å². The lowest BCUT2D eigenvalue weighted by Crippen LogP contribution is -2.16. The van der Waals surface area contributed by atoms with Gasteiger partial charge in [-0.3, -0.25) is 0 Å². The average molecular weight is 1470 g/mol. The largest absolute Gasteiger partial charge is 0.310 e. The normalized spacial score (nSPS) is 12.0. The highest BCUT2D eigenvalue weighted by molar-refractivity contribution is 6.10. The van der Waals surface area contributed by atoms with Crippen LogP contribution in [0, 0.1) is 0 Å². The number of nitrogens with zero attached hydrogens (tertiary/aromatic N) is 4. The Morgan fingerprint density at radius 3 is 0.800 bits per heavy atom. The summed E-state index contributed by atoms with van der Waals surface area (Å²) < 4.78 is 4.73. The van der Waals surface area contributed by atoms with E-state index in [0.29, 0.717) is 0 Å². The Labute approximate surface area is 671 Å². The molecular formula is C111H80N4. The van der Waals surface area contributed by atoms with E-state index >= 15 is 0 Å². The van der Waals surface area contributed by atoms with E-state index in [2.05, 4.69) is 482 Å². The summed E-state index contributed by atoms with van der Waals surface area (Å²) in [7, 11) is 0. The van der Waals surface area contributed by atoms with E-state index in [-0.39, 0.29) is 5.41 Å². The lowest BCUT2D eigenvalue weighted by Gasteiger charge is -2.28. The van der Waals surface area contributed by atoms with Crippen LogP contribution in [-0.2, 0) is 5.41 Å². The Bertz CT molecular complexity index is 6780. The van der Waals surface area contributed by atoms with Crippen LogP contribution in [0.4, 0.5) is 34.1 Å². The lowest BCUT2D eigenvalue weighted by molar-refractivity contribution is 0.660. The van der Waals surface area contributed by atoms with Gasteiger partial charge in [-0.05, 0) is 210 Å². The van der Waals surface area contributed by atoms with Crippen molar-refractivity contribution in [3.63, 3.8) is 0 Å². The fourth-order valence-corrected chi connectivity index (χ4v) is 17.4. The van der Waals surface area contributed by atoms with Crippen molar-refractivity contribution in [2.45, 2.75) is 19.3 Å². The summed E-state index contributed by atoms with van der Waals surface area (Å²) in [6, 6.07) is 163. The number of rotatable bonds is 15. The van der Waals surface area contributed by atoms with Crippen LogP contribution in [0.15, 0.2) is 449 Å². The minimum Gasteiger partial charge on any atom is -0.310 e. The number of hydrogen-bond donors (Lipinski definition) is 0. The highest BCUT2D eigenvalue weighted by Gasteiger charge is 2.36. The van der Waals surface area contributed by atoms with Gasteiger partial charge in [0, 0.05) is 72.3 Å². The van der Waals surface area contributed by atoms with Gasteiger partial charge in [0.25, 0.3) is 0 Å². The summed E-state index contributed by atoms with van der Waals surface area (Å²) in [5, 5.41) is 5.11. The van der Waals surface area contributed by atoms with E-state index in [1.807, 2.05) is 0 Å². The number of anilines is 6. The third-order valence-electron chi connectivity index (χ3n) is 23.3. The smallest absolute Gasteiger partial charge is 0.0541 e. The zero-order valence-corrected chi connectivity index (χ0v) is 64.0. The third-order valence-corrected chi connectivity index (χ3v) is 23.3. The first-order valence-corrected chi connectivity index (χ1v) is 39.7. The minimum absolute atomic E-state index is 0.0881. The van der Waals surface area contributed by atoms with E-state index in [1.54, 1.807) is 0 Å². The van der Waals surface area contributed by atoms with Crippen molar-refractivity contribution in [3.8, 4) is 100 Å². The van der Waals surface area contributed by atoms with Gasteiger partial charge in [-0.25, -0.2) is 0 Å². The van der Waals surface area contributed by atoms with Crippen LogP contribution in [-0.4, -0.2) is 9.13 Å². The average Bonchev–Trinajstić information content (AvgIpc) is 1.56. The zero-order valence-electron chi connectivity index (χ0n) is 64.0. The molecule has 4 nitrogen and oxygen atoms in total. The van der Waals surface area contributed by atoms with Gasteiger partial charge >= 0.3 is 0 Å². The Morgan fingerprint density at radius 1 is 0.183 bits per heavy atom. The molecule has 1 aliphatic carbocycles. The second-order valence-corrected chi connectivity index (χ2v) is 30.4. The van der Waals surface area contributed by atoms with E-state index in [4.69, 9.17) is 0 Å². The van der Waals surface area contributed by atoms with Crippen LogP contribution >= 0.6 is 0 Å². The van der Waals surface area contributed by atoms with Crippen molar-refractivity contribution in [2.24, 2.45) is 0 Å². The maximum atomic E-state index is 2.41. The fraction of sp³-hybridized carbons (Fsp3) is 0.0270. The van der Waals surface area contributed by atoms with E-state index in [9.17, 15) is 0 Å². The number of fused-ring (bicyclic) bond motifs is 9. The lowest BCUT2D eigenvalue weighted by atomic mass is 9.82. The van der Waals surface area contributed by atoms with Crippen molar-refractivity contribution < 1.29 is 0 Å². The number of aromatic nitrogens is 2. The molecule has 0 N–H and O–H groups in total. The van der Waals surface area contributed by atoms with Crippen molar-refractivity contribution in [2.75, 3.05) is 9.80 Å². The molecule has 0 radical (unpaired) electrons. The standard InChI is InChI=1S/C57H42N2.C54H38N2/c1-57(2)53-17-9-6-14-49(53)50-37-36-48(38-54(50)57)58(45-30-24-42(25-31-45)39-12-4-3-5-13-39)46-32-26-43(27-33-46)40-20-22-41(23-21-40)44-28-34-47(35-29-44)59-55-18-10-7-15-51(55)52-16-8-11-19-56(52)59;1-3-13-39(14-4-1)42-27-33-46(34-28-42)55(52-20-10-7-17-49(52)45-15-5-2-6-16-45)47-35-29-43(30-36-47)40-23-25-41(26-24-40)44-31-37-48(38-32-44)56-53-21-11-8-18-50(53)51-19-9-12-22-54(51)56/h3-38H,1-2H3;1-38H. The summed E-state index contributed by atoms with van der Waals surface area (Å²) in [5.74, 6) is 0. The van der Waals surface area contributed by atoms with Gasteiger partial charge in [0.1, 0.15) is 0 Å². The monoisotopic (exact) mass is 1470 g/mol. The molecule has 4 heteroatoms. The zero-order chi connectivity index (χ0) is 76.8. The first-order valence-electron chi connectivity index (χ1n) is 39.7.